The molecule has 7 heteroatoms. The third kappa shape index (κ3) is 2.97. The van der Waals surface area contributed by atoms with Crippen molar-refractivity contribution in [3.8, 4) is 11.9 Å². The van der Waals surface area contributed by atoms with E-state index in [1.54, 1.807) is 19.4 Å². The molecule has 1 saturated heterocycles. The summed E-state index contributed by atoms with van der Waals surface area (Å²) in [5.41, 5.74) is 1.50. The highest BCUT2D eigenvalue weighted by Gasteiger charge is 2.21. The fourth-order valence-corrected chi connectivity index (χ4v) is 3.15. The topological polar surface area (TPSA) is 78.2 Å². The Balaban J connectivity index is 1.55. The lowest BCUT2D eigenvalue weighted by atomic mass is 10.1. The fraction of sp³-hybridized carbons (Fsp3) is 0.263. The molecule has 3 heterocycles. The molecule has 1 aromatic carbocycles. The molecule has 3 aromatic rings. The average molecular weight is 346 g/mol. The number of hydrogen-bond donors (Lipinski definition) is 0. The number of aromatic nitrogens is 3. The monoisotopic (exact) mass is 346 g/mol. The molecule has 0 amide bonds. The number of pyridine rings is 1. The Morgan fingerprint density at radius 1 is 1.04 bits per heavy atom. The van der Waals surface area contributed by atoms with Crippen LogP contribution in [0.15, 0.2) is 42.6 Å². The van der Waals surface area contributed by atoms with Gasteiger partial charge in [-0.15, -0.1) is 0 Å². The van der Waals surface area contributed by atoms with Crippen molar-refractivity contribution < 1.29 is 4.74 Å². The standard InChI is InChI=1S/C19H18N6O/c1-26-18-6-7-21-19(23-18)25-10-8-24(9-11-25)17-12-14(13-20)15-4-2-3-5-16(15)22-17/h2-7,12H,8-11H2,1H3. The van der Waals surface area contributed by atoms with Gasteiger partial charge in [0.1, 0.15) is 5.82 Å². The van der Waals surface area contributed by atoms with E-state index in [2.05, 4.69) is 25.8 Å². The maximum Gasteiger partial charge on any atom is 0.228 e. The number of methoxy groups -OCH3 is 1. The molecular weight excluding hydrogens is 328 g/mol. The fourth-order valence-electron chi connectivity index (χ4n) is 3.15. The second-order valence-corrected chi connectivity index (χ2v) is 6.03. The van der Waals surface area contributed by atoms with Gasteiger partial charge in [-0.05, 0) is 12.1 Å². The van der Waals surface area contributed by atoms with Crippen LogP contribution in [-0.2, 0) is 0 Å². The minimum Gasteiger partial charge on any atom is -0.481 e. The zero-order valence-electron chi connectivity index (χ0n) is 14.5. The van der Waals surface area contributed by atoms with Crippen LogP contribution in [0.3, 0.4) is 0 Å². The molecule has 0 aliphatic carbocycles. The van der Waals surface area contributed by atoms with Gasteiger partial charge in [-0.3, -0.25) is 0 Å². The predicted molar refractivity (Wildman–Crippen MR) is 99.5 cm³/mol. The molecule has 1 aliphatic heterocycles. The summed E-state index contributed by atoms with van der Waals surface area (Å²) in [6, 6.07) is 13.6. The second-order valence-electron chi connectivity index (χ2n) is 6.03. The van der Waals surface area contributed by atoms with Gasteiger partial charge < -0.3 is 14.5 Å². The summed E-state index contributed by atoms with van der Waals surface area (Å²) in [5, 5.41) is 10.4. The molecule has 0 spiro atoms. The lowest BCUT2D eigenvalue weighted by Gasteiger charge is -2.35. The van der Waals surface area contributed by atoms with Crippen LogP contribution >= 0.6 is 0 Å². The normalized spacial score (nSPS) is 14.3. The van der Waals surface area contributed by atoms with Crippen LogP contribution in [0.25, 0.3) is 10.9 Å². The molecule has 2 aromatic heterocycles. The Hall–Kier alpha value is -3.40. The van der Waals surface area contributed by atoms with E-state index >= 15 is 0 Å². The van der Waals surface area contributed by atoms with Gasteiger partial charge in [-0.2, -0.15) is 10.2 Å². The lowest BCUT2D eigenvalue weighted by molar-refractivity contribution is 0.396. The number of piperazine rings is 1. The number of hydrogen-bond acceptors (Lipinski definition) is 7. The van der Waals surface area contributed by atoms with Crippen molar-refractivity contribution in [2.24, 2.45) is 0 Å². The molecule has 7 nitrogen and oxygen atoms in total. The molecule has 1 aliphatic rings. The molecule has 130 valence electrons. The maximum absolute atomic E-state index is 9.47. The number of nitriles is 1. The summed E-state index contributed by atoms with van der Waals surface area (Å²) < 4.78 is 5.17. The van der Waals surface area contributed by atoms with Crippen LogP contribution in [0.1, 0.15) is 5.56 Å². The van der Waals surface area contributed by atoms with Crippen LogP contribution in [0, 0.1) is 11.3 Å². The third-order valence-corrected chi connectivity index (χ3v) is 4.54. The van der Waals surface area contributed by atoms with Crippen molar-refractivity contribution in [2.45, 2.75) is 0 Å². The van der Waals surface area contributed by atoms with Gasteiger partial charge in [0.15, 0.2) is 0 Å². The van der Waals surface area contributed by atoms with Gasteiger partial charge in [0.25, 0.3) is 0 Å². The smallest absolute Gasteiger partial charge is 0.228 e. The zero-order valence-corrected chi connectivity index (χ0v) is 14.5. The minimum atomic E-state index is 0.562. The van der Waals surface area contributed by atoms with Crippen molar-refractivity contribution in [1.82, 2.24) is 15.0 Å². The Morgan fingerprint density at radius 2 is 1.81 bits per heavy atom. The first-order valence-electron chi connectivity index (χ1n) is 8.45. The second kappa shape index (κ2) is 6.84. The van der Waals surface area contributed by atoms with E-state index in [4.69, 9.17) is 9.72 Å². The van der Waals surface area contributed by atoms with Gasteiger partial charge in [-0.1, -0.05) is 18.2 Å². The highest BCUT2D eigenvalue weighted by atomic mass is 16.5. The largest absolute Gasteiger partial charge is 0.481 e. The van der Waals surface area contributed by atoms with Crippen molar-refractivity contribution in [2.75, 3.05) is 43.1 Å². The van der Waals surface area contributed by atoms with E-state index < -0.39 is 0 Å². The molecule has 0 radical (unpaired) electrons. The first kappa shape index (κ1) is 16.1. The van der Waals surface area contributed by atoms with E-state index in [1.807, 2.05) is 30.3 Å². The highest BCUT2D eigenvalue weighted by molar-refractivity contribution is 5.86. The average Bonchev–Trinajstić information content (AvgIpc) is 2.73. The molecular formula is C19H18N6O. The SMILES string of the molecule is COc1ccnc(N2CCN(c3cc(C#N)c4ccccc4n3)CC2)n1. The van der Waals surface area contributed by atoms with Gasteiger partial charge in [0, 0.05) is 43.8 Å². The third-order valence-electron chi connectivity index (χ3n) is 4.54. The quantitative estimate of drug-likeness (QED) is 0.719. The molecule has 4 rings (SSSR count). The number of nitrogens with zero attached hydrogens (tertiary/aromatic N) is 6. The first-order chi connectivity index (χ1) is 12.8. The van der Waals surface area contributed by atoms with Crippen molar-refractivity contribution in [3.63, 3.8) is 0 Å². The molecule has 0 bridgehead atoms. The Bertz CT molecular complexity index is 975. The number of fused-ring (bicyclic) bond motifs is 1. The van der Waals surface area contributed by atoms with Crippen molar-refractivity contribution in [1.29, 1.82) is 5.26 Å². The molecule has 0 saturated carbocycles. The van der Waals surface area contributed by atoms with Gasteiger partial charge >= 0.3 is 0 Å². The van der Waals surface area contributed by atoms with Crippen LogP contribution in [0.5, 0.6) is 5.88 Å². The maximum atomic E-state index is 9.47. The summed E-state index contributed by atoms with van der Waals surface area (Å²) in [7, 11) is 1.60. The highest BCUT2D eigenvalue weighted by Crippen LogP contribution is 2.24. The van der Waals surface area contributed by atoms with Crippen LogP contribution in [0.2, 0.25) is 0 Å². The van der Waals surface area contributed by atoms with Gasteiger partial charge in [0.05, 0.1) is 24.3 Å². The van der Waals surface area contributed by atoms with E-state index in [1.165, 1.54) is 0 Å². The zero-order chi connectivity index (χ0) is 17.9. The van der Waals surface area contributed by atoms with Crippen LogP contribution in [-0.4, -0.2) is 48.2 Å². The molecule has 1 fully saturated rings. The Kier molecular flexibility index (Phi) is 4.23. The summed E-state index contributed by atoms with van der Waals surface area (Å²) in [6.07, 6.45) is 1.71. The lowest BCUT2D eigenvalue weighted by Crippen LogP contribution is -2.47. The van der Waals surface area contributed by atoms with Crippen molar-refractivity contribution in [3.05, 3.63) is 48.2 Å². The number of para-hydroxylation sites is 1. The van der Waals surface area contributed by atoms with Crippen molar-refractivity contribution >= 4 is 22.7 Å². The van der Waals surface area contributed by atoms with Crippen LogP contribution in [0.4, 0.5) is 11.8 Å². The summed E-state index contributed by atoms with van der Waals surface area (Å²) >= 11 is 0. The summed E-state index contributed by atoms with van der Waals surface area (Å²) in [6.45, 7) is 3.14. The molecule has 0 atom stereocenters. The van der Waals surface area contributed by atoms with E-state index in [0.717, 1.165) is 42.9 Å². The molecule has 26 heavy (non-hydrogen) atoms. The number of benzene rings is 1. The Labute approximate surface area is 151 Å². The summed E-state index contributed by atoms with van der Waals surface area (Å²) in [4.78, 5) is 17.8. The molecule has 0 unspecified atom stereocenters. The van der Waals surface area contributed by atoms with E-state index in [-0.39, 0.29) is 0 Å². The van der Waals surface area contributed by atoms with Crippen LogP contribution < -0.4 is 14.5 Å². The predicted octanol–water partition coefficient (Wildman–Crippen LogP) is 2.23. The summed E-state index contributed by atoms with van der Waals surface area (Å²) in [5.74, 6) is 2.08. The first-order valence-corrected chi connectivity index (χ1v) is 8.45. The van der Waals surface area contributed by atoms with Gasteiger partial charge in [0.2, 0.25) is 11.8 Å². The van der Waals surface area contributed by atoms with E-state index in [0.29, 0.717) is 17.4 Å². The number of ether oxygens (including phenoxy) is 1. The number of anilines is 2. The van der Waals surface area contributed by atoms with E-state index in [9.17, 15) is 5.26 Å². The minimum absolute atomic E-state index is 0.562. The molecule has 0 N–H and O–H groups in total. The Morgan fingerprint density at radius 3 is 2.58 bits per heavy atom. The van der Waals surface area contributed by atoms with Gasteiger partial charge in [-0.25, -0.2) is 9.97 Å². The number of rotatable bonds is 3.